The zero-order valence-corrected chi connectivity index (χ0v) is 37.0. The molecule has 11 rings (SSSR count). The third-order valence-electron chi connectivity index (χ3n) is 14.2. The Balaban J connectivity index is 1.04. The highest BCUT2D eigenvalue weighted by atomic mass is 15.5. The Kier molecular flexibility index (Phi) is 12.8. The smallest absolute Gasteiger partial charge is 0.0854 e. The maximum atomic E-state index is 3.95. The Morgan fingerprint density at radius 1 is 0.215 bits per heavy atom. The van der Waals surface area contributed by atoms with Crippen molar-refractivity contribution < 1.29 is 0 Å². The second-order valence-electron chi connectivity index (χ2n) is 18.0. The van der Waals surface area contributed by atoms with Gasteiger partial charge in [-0.2, -0.15) is 0 Å². The highest BCUT2D eigenvalue weighted by molar-refractivity contribution is 5.54. The summed E-state index contributed by atoms with van der Waals surface area (Å²) in [7, 11) is 0. The monoisotopic (exact) mass is 876 g/mol. The van der Waals surface area contributed by atoms with Crippen molar-refractivity contribution in [2.24, 2.45) is 0 Å². The Hall–Kier alpha value is -5.30. The molecule has 0 aromatic heterocycles. The number of benzene rings is 5. The standard InChI is InChI=1S/C50H65N15/c1-6-16-36(17-7-1)61-41-26-43(53-31-51-41)62(37-18-8-2-9-19-37)45-28-47(57-33-55-45)64(39-22-12-4-13-23-39)49-30-50(60-35-59-49)65(40-24-14-5-15-25-40)48-29-46(56-34-58-48)63(38-20-10-3-11-21-38)44-27-42(61)52-32-54-44/h1-25,41-60H,26-35H2. The van der Waals surface area contributed by atoms with Crippen molar-refractivity contribution in [1.29, 1.82) is 0 Å². The molecule has 0 spiro atoms. The number of nitrogens with one attached hydrogen (secondary N) is 10. The average molecular weight is 876 g/mol. The van der Waals surface area contributed by atoms with Crippen LogP contribution in [-0.4, -0.2) is 95.0 Å². The summed E-state index contributed by atoms with van der Waals surface area (Å²) in [6.45, 7) is 3.38. The fraction of sp³-hybridized carbons (Fsp3) is 0.400. The van der Waals surface area contributed by atoms with Gasteiger partial charge in [0, 0.05) is 93.9 Å². The predicted molar refractivity (Wildman–Crippen MR) is 261 cm³/mol. The summed E-state index contributed by atoms with van der Waals surface area (Å²) >= 11 is 0. The Morgan fingerprint density at radius 2 is 0.354 bits per heavy atom. The lowest BCUT2D eigenvalue weighted by atomic mass is 10.0. The first-order valence-corrected chi connectivity index (χ1v) is 23.8. The molecular formula is C50H65N15. The Labute approximate surface area is 383 Å². The first-order valence-electron chi connectivity index (χ1n) is 23.8. The lowest BCUT2D eigenvalue weighted by molar-refractivity contribution is 0.188. The largest absolute Gasteiger partial charge is 0.340 e. The zero-order chi connectivity index (χ0) is 43.4. The van der Waals surface area contributed by atoms with Crippen molar-refractivity contribution in [2.75, 3.05) is 57.8 Å². The van der Waals surface area contributed by atoms with Crippen LogP contribution in [0.15, 0.2) is 152 Å². The number of hydrogen-bond acceptors (Lipinski definition) is 15. The summed E-state index contributed by atoms with van der Waals surface area (Å²) < 4.78 is 0. The summed E-state index contributed by atoms with van der Waals surface area (Å²) in [5.74, 6) is 0. The van der Waals surface area contributed by atoms with Crippen LogP contribution in [0.4, 0.5) is 28.4 Å². The molecule has 0 radical (unpaired) electrons. The van der Waals surface area contributed by atoms with E-state index >= 15 is 0 Å². The maximum Gasteiger partial charge on any atom is 0.0854 e. The van der Waals surface area contributed by atoms with Crippen molar-refractivity contribution in [1.82, 2.24) is 53.2 Å². The van der Waals surface area contributed by atoms with E-state index in [1.165, 1.54) is 28.4 Å². The summed E-state index contributed by atoms with van der Waals surface area (Å²) in [6, 6.07) is 55.0. The van der Waals surface area contributed by atoms with Crippen LogP contribution in [0.5, 0.6) is 0 Å². The zero-order valence-electron chi connectivity index (χ0n) is 37.0. The van der Waals surface area contributed by atoms with E-state index in [1.807, 2.05) is 0 Å². The van der Waals surface area contributed by atoms with Gasteiger partial charge in [0.05, 0.1) is 61.7 Å². The van der Waals surface area contributed by atoms with Crippen LogP contribution in [0.3, 0.4) is 0 Å². The summed E-state index contributed by atoms with van der Waals surface area (Å²) in [5, 5.41) is 39.5. The van der Waals surface area contributed by atoms with E-state index < -0.39 is 0 Å². The number of hydrogen-bond donors (Lipinski definition) is 10. The quantitative estimate of drug-likeness (QED) is 0.126. The van der Waals surface area contributed by atoms with Gasteiger partial charge in [-0.1, -0.05) is 91.0 Å². The molecule has 10 unspecified atom stereocenters. The van der Waals surface area contributed by atoms with Crippen molar-refractivity contribution in [3.8, 4) is 0 Å². The normalized spacial score (nSPS) is 31.2. The van der Waals surface area contributed by atoms with Gasteiger partial charge in [0.15, 0.2) is 0 Å². The van der Waals surface area contributed by atoms with E-state index in [0.717, 1.165) is 32.1 Å². The van der Waals surface area contributed by atoms with Gasteiger partial charge in [0.25, 0.3) is 0 Å². The average Bonchev–Trinajstić information content (AvgIpc) is 3.37. The van der Waals surface area contributed by atoms with Gasteiger partial charge in [0.1, 0.15) is 0 Å². The first kappa shape index (κ1) is 42.3. The van der Waals surface area contributed by atoms with E-state index in [0.29, 0.717) is 33.3 Å². The molecule has 10 N–H and O–H groups in total. The maximum absolute atomic E-state index is 3.95. The van der Waals surface area contributed by atoms with Gasteiger partial charge >= 0.3 is 0 Å². The van der Waals surface area contributed by atoms with Crippen molar-refractivity contribution in [3.63, 3.8) is 0 Å². The van der Waals surface area contributed by atoms with Crippen molar-refractivity contribution in [3.05, 3.63) is 152 Å². The number of rotatable bonds is 5. The van der Waals surface area contributed by atoms with Crippen LogP contribution in [0.25, 0.3) is 0 Å². The van der Waals surface area contributed by atoms with Gasteiger partial charge in [-0.25, -0.2) is 0 Å². The minimum absolute atomic E-state index is 0.0388. The van der Waals surface area contributed by atoms with Crippen molar-refractivity contribution in [2.45, 2.75) is 93.8 Å². The fourth-order valence-corrected chi connectivity index (χ4v) is 11.4. The predicted octanol–water partition coefficient (Wildman–Crippen LogP) is 3.50. The molecule has 65 heavy (non-hydrogen) atoms. The van der Waals surface area contributed by atoms with Gasteiger partial charge in [0.2, 0.25) is 0 Å². The molecule has 6 saturated heterocycles. The number of anilines is 5. The highest BCUT2D eigenvalue weighted by Crippen LogP contribution is 2.34. The SMILES string of the molecule is c1ccc(N2C3CC(NCN3)N(c3ccccc3)C3CC(NCN3)N(c3ccccc3)C3CC(NCN3)N(c3ccccc3)C3CC(NCN3)N(c3ccccc3)C3CC2NCN3)cc1. The molecule has 15 heteroatoms. The van der Waals surface area contributed by atoms with Gasteiger partial charge in [-0.15, -0.1) is 0 Å². The number of nitrogens with zero attached hydrogens (tertiary/aromatic N) is 5. The Morgan fingerprint density at radius 3 is 0.492 bits per heavy atom. The molecule has 340 valence electrons. The lowest BCUT2D eigenvalue weighted by Crippen LogP contribution is -2.74. The molecule has 10 bridgehead atoms. The van der Waals surface area contributed by atoms with Crippen LogP contribution in [0.1, 0.15) is 32.1 Å². The van der Waals surface area contributed by atoms with Crippen LogP contribution in [0, 0.1) is 0 Å². The molecule has 0 saturated carbocycles. The molecule has 6 heterocycles. The van der Waals surface area contributed by atoms with E-state index in [4.69, 9.17) is 0 Å². The second kappa shape index (κ2) is 19.7. The third kappa shape index (κ3) is 9.01. The molecular weight excluding hydrogens is 811 g/mol. The molecule has 0 aliphatic carbocycles. The van der Waals surface area contributed by atoms with E-state index in [2.05, 4.69) is 229 Å². The molecule has 10 atom stereocenters. The van der Waals surface area contributed by atoms with Crippen LogP contribution in [0.2, 0.25) is 0 Å². The van der Waals surface area contributed by atoms with Crippen LogP contribution in [-0.2, 0) is 0 Å². The number of para-hydroxylation sites is 5. The van der Waals surface area contributed by atoms with Crippen LogP contribution < -0.4 is 77.7 Å². The minimum atomic E-state index is 0.0388. The lowest BCUT2D eigenvalue weighted by Gasteiger charge is -2.54. The summed E-state index contributed by atoms with van der Waals surface area (Å²) in [4.78, 5) is 13.1. The fourth-order valence-electron chi connectivity index (χ4n) is 11.4. The molecule has 5 aromatic carbocycles. The highest BCUT2D eigenvalue weighted by Gasteiger charge is 2.44. The topological polar surface area (TPSA) is 136 Å². The van der Waals surface area contributed by atoms with Crippen molar-refractivity contribution >= 4 is 28.4 Å². The van der Waals surface area contributed by atoms with E-state index in [-0.39, 0.29) is 61.7 Å². The van der Waals surface area contributed by atoms with Crippen LogP contribution >= 0.6 is 0 Å². The first-order chi connectivity index (χ1) is 32.2. The number of fused-ring (bicyclic) bond motifs is 10. The minimum Gasteiger partial charge on any atom is -0.340 e. The van der Waals surface area contributed by atoms with Gasteiger partial charge in [-0.3, -0.25) is 53.2 Å². The molecule has 6 aliphatic heterocycles. The van der Waals surface area contributed by atoms with E-state index in [1.54, 1.807) is 0 Å². The summed E-state index contributed by atoms with van der Waals surface area (Å²) in [5.41, 5.74) is 6.01. The second-order valence-corrected chi connectivity index (χ2v) is 18.0. The third-order valence-corrected chi connectivity index (χ3v) is 14.2. The molecule has 6 fully saturated rings. The summed E-state index contributed by atoms with van der Waals surface area (Å²) in [6.07, 6.45) is 4.65. The van der Waals surface area contributed by atoms with Gasteiger partial charge in [-0.05, 0) is 60.7 Å². The molecule has 5 aromatic rings. The Bertz CT molecular complexity index is 1810. The molecule has 15 nitrogen and oxygen atoms in total. The molecule has 0 amide bonds. The van der Waals surface area contributed by atoms with Gasteiger partial charge < -0.3 is 24.5 Å². The van der Waals surface area contributed by atoms with E-state index in [9.17, 15) is 0 Å². The molecule has 6 aliphatic rings.